The molecular formula is C48H42ClN5O6S. The van der Waals surface area contributed by atoms with Crippen molar-refractivity contribution < 1.29 is 29.0 Å². The Morgan fingerprint density at radius 2 is 1.57 bits per heavy atom. The van der Waals surface area contributed by atoms with E-state index in [9.17, 15) is 14.7 Å². The van der Waals surface area contributed by atoms with Crippen LogP contribution in [0.1, 0.15) is 36.8 Å². The van der Waals surface area contributed by atoms with Crippen molar-refractivity contribution >= 4 is 84.6 Å². The smallest absolute Gasteiger partial charge is 0.242 e. The van der Waals surface area contributed by atoms with Crippen LogP contribution in [-0.4, -0.2) is 64.8 Å². The number of carbonyl (C=O) groups is 4. The van der Waals surface area contributed by atoms with Gasteiger partial charge in [-0.1, -0.05) is 53.6 Å². The monoisotopic (exact) mass is 851 g/mol. The first-order valence-corrected chi connectivity index (χ1v) is 22.0. The van der Waals surface area contributed by atoms with E-state index in [1.54, 1.807) is 29.1 Å². The number of carbonyl (C=O) groups excluding carboxylic acids is 4. The summed E-state index contributed by atoms with van der Waals surface area (Å²) in [6, 6.07) is 26.2. The number of phenols is 1. The minimum Gasteiger partial charge on any atom is -0.507 e. The third-order valence-corrected chi connectivity index (χ3v) is 15.8. The molecule has 0 radical (unpaired) electrons. The molecule has 5 heterocycles. The van der Waals surface area contributed by atoms with Crippen LogP contribution in [0.2, 0.25) is 5.02 Å². The predicted octanol–water partition coefficient (Wildman–Crippen LogP) is 8.39. The van der Waals surface area contributed by atoms with Gasteiger partial charge in [0.15, 0.2) is 0 Å². The molecule has 2 aromatic heterocycles. The molecule has 6 aromatic rings. The average molecular weight is 852 g/mol. The number of ether oxygens (including phenoxy) is 1. The number of morpholine rings is 1. The lowest BCUT2D eigenvalue weighted by atomic mass is 9.51. The van der Waals surface area contributed by atoms with Crippen LogP contribution in [0.25, 0.3) is 31.4 Å². The maximum atomic E-state index is 15.4. The SMILES string of the molecule is Cc1c(-c2cc(N3C(=O)C4CC5C(=CCC6C(=O)N(c7ccc(N8CCOCC8)cc7)C(=O)C65)C(c5ccc(O)c6ccccc56)C4(C)C3=O)n(C)n2)sc2ccc(Cl)cc12. The first kappa shape index (κ1) is 38.1. The number of hydrogen-bond acceptors (Lipinski definition) is 9. The van der Waals surface area contributed by atoms with Crippen molar-refractivity contribution in [2.24, 2.45) is 36.1 Å². The van der Waals surface area contributed by atoms with Crippen LogP contribution in [0.4, 0.5) is 17.2 Å². The van der Waals surface area contributed by atoms with Crippen molar-refractivity contribution in [2.45, 2.75) is 32.6 Å². The van der Waals surface area contributed by atoms with E-state index < -0.39 is 35.0 Å². The van der Waals surface area contributed by atoms with Gasteiger partial charge < -0.3 is 14.7 Å². The van der Waals surface area contributed by atoms with Crippen LogP contribution in [-0.2, 0) is 31.0 Å². The van der Waals surface area contributed by atoms with Crippen LogP contribution in [0, 0.1) is 36.0 Å². The third-order valence-electron chi connectivity index (χ3n) is 14.2. The molecule has 3 saturated heterocycles. The molecule has 1 N–H and O–H groups in total. The number of imide groups is 2. The number of halogens is 1. The molecule has 6 unspecified atom stereocenters. The van der Waals surface area contributed by atoms with E-state index in [1.807, 2.05) is 92.7 Å². The fourth-order valence-electron chi connectivity index (χ4n) is 11.2. The van der Waals surface area contributed by atoms with E-state index in [-0.39, 0.29) is 35.8 Å². The Kier molecular flexibility index (Phi) is 8.66. The molecule has 3 aliphatic heterocycles. The maximum Gasteiger partial charge on any atom is 0.242 e. The number of rotatable bonds is 5. The van der Waals surface area contributed by atoms with Gasteiger partial charge in [0.05, 0.1) is 46.9 Å². The van der Waals surface area contributed by atoms with Crippen molar-refractivity contribution in [1.29, 1.82) is 0 Å². The zero-order chi connectivity index (χ0) is 42.1. The number of thiophene rings is 1. The van der Waals surface area contributed by atoms with Gasteiger partial charge >= 0.3 is 0 Å². The number of hydrogen-bond donors (Lipinski definition) is 1. The summed E-state index contributed by atoms with van der Waals surface area (Å²) in [5.74, 6) is -4.06. The van der Waals surface area contributed by atoms with E-state index in [2.05, 4.69) is 11.0 Å². The molecule has 1 saturated carbocycles. The minimum absolute atomic E-state index is 0.106. The summed E-state index contributed by atoms with van der Waals surface area (Å²) in [6.45, 7) is 6.72. The van der Waals surface area contributed by atoms with Gasteiger partial charge in [0.2, 0.25) is 23.6 Å². The minimum atomic E-state index is -1.28. The molecule has 11 rings (SSSR count). The van der Waals surface area contributed by atoms with Crippen LogP contribution >= 0.6 is 22.9 Å². The second-order valence-corrected chi connectivity index (χ2v) is 18.7. The first-order chi connectivity index (χ1) is 29.4. The van der Waals surface area contributed by atoms with E-state index in [0.29, 0.717) is 47.2 Å². The molecule has 61 heavy (non-hydrogen) atoms. The Balaban J connectivity index is 1.01. The molecule has 4 fully saturated rings. The van der Waals surface area contributed by atoms with Gasteiger partial charge in [-0.05, 0) is 103 Å². The van der Waals surface area contributed by atoms with Gasteiger partial charge in [0.25, 0.3) is 0 Å². The van der Waals surface area contributed by atoms with Gasteiger partial charge in [0.1, 0.15) is 17.3 Å². The molecule has 13 heteroatoms. The van der Waals surface area contributed by atoms with Crippen molar-refractivity contribution in [3.8, 4) is 16.3 Å². The Morgan fingerprint density at radius 1 is 0.836 bits per heavy atom. The zero-order valence-electron chi connectivity index (χ0n) is 33.8. The van der Waals surface area contributed by atoms with Gasteiger partial charge in [-0.15, -0.1) is 11.3 Å². The number of phenolic OH excluding ortho intramolecular Hbond substituents is 1. The number of aryl methyl sites for hydroxylation is 2. The summed E-state index contributed by atoms with van der Waals surface area (Å²) in [4.78, 5) is 65.6. The fraction of sp³-hybridized carbons (Fsp3) is 0.312. The maximum absolute atomic E-state index is 15.4. The number of anilines is 3. The van der Waals surface area contributed by atoms with Crippen LogP contribution in [0.3, 0.4) is 0 Å². The van der Waals surface area contributed by atoms with Crippen LogP contribution in [0.15, 0.2) is 96.6 Å². The van der Waals surface area contributed by atoms with Gasteiger partial charge in [-0.25, -0.2) is 4.90 Å². The van der Waals surface area contributed by atoms with Crippen molar-refractivity contribution in [3.05, 3.63) is 113 Å². The van der Waals surface area contributed by atoms with Crippen molar-refractivity contribution in [1.82, 2.24) is 9.78 Å². The normalized spacial score (nSPS) is 26.3. The van der Waals surface area contributed by atoms with Crippen molar-refractivity contribution in [3.63, 3.8) is 0 Å². The Hall–Kier alpha value is -5.82. The van der Waals surface area contributed by atoms with Gasteiger partial charge in [0, 0.05) is 52.9 Å². The van der Waals surface area contributed by atoms with Gasteiger partial charge in [-0.2, -0.15) is 5.10 Å². The number of aromatic hydroxyl groups is 1. The number of nitrogens with zero attached hydrogens (tertiary/aromatic N) is 5. The standard InChI is InChI=1S/C48H42ClN5O6S/c1-25-34-22-26(49)8-17-39(34)61-43(25)37-24-40(51(3)50-37)54-45(57)36-23-35-32(42(48(36,2)47(54)59)31-15-16-38(55)30-7-5-4-6-29(30)31)13-14-33-41(35)46(58)53(44(33)56)28-11-9-27(10-12-28)52-18-20-60-21-19-52/h4-13,15-17,22,24,33,35-36,41-42,55H,14,18-21,23H2,1-3H3. The molecule has 0 bridgehead atoms. The Bertz CT molecular complexity index is 2910. The van der Waals surface area contributed by atoms with Crippen LogP contribution < -0.4 is 14.7 Å². The second-order valence-electron chi connectivity index (χ2n) is 17.2. The summed E-state index contributed by atoms with van der Waals surface area (Å²) in [5, 5.41) is 18.9. The molecule has 4 aromatic carbocycles. The molecular weight excluding hydrogens is 810 g/mol. The van der Waals surface area contributed by atoms with Crippen molar-refractivity contribution in [2.75, 3.05) is 41.0 Å². The highest BCUT2D eigenvalue weighted by Crippen LogP contribution is 2.64. The summed E-state index contributed by atoms with van der Waals surface area (Å²) in [6.07, 6.45) is 2.61. The lowest BCUT2D eigenvalue weighted by Crippen LogP contribution is -2.49. The third kappa shape index (κ3) is 5.47. The van der Waals surface area contributed by atoms with E-state index in [0.717, 1.165) is 55.8 Å². The Labute approximate surface area is 360 Å². The summed E-state index contributed by atoms with van der Waals surface area (Å²) >= 11 is 7.94. The summed E-state index contributed by atoms with van der Waals surface area (Å²) in [7, 11) is 1.74. The number of allylic oxidation sites excluding steroid dienone is 2. The Morgan fingerprint density at radius 3 is 2.34 bits per heavy atom. The van der Waals surface area contributed by atoms with E-state index >= 15 is 9.59 Å². The average Bonchev–Trinajstić information content (AvgIpc) is 3.94. The lowest BCUT2D eigenvalue weighted by molar-refractivity contribution is -0.131. The number of fused-ring (bicyclic) bond motifs is 6. The summed E-state index contributed by atoms with van der Waals surface area (Å²) in [5.41, 5.74) is 3.57. The van der Waals surface area contributed by atoms with Gasteiger partial charge in [-0.3, -0.25) is 28.8 Å². The largest absolute Gasteiger partial charge is 0.507 e. The number of amides is 4. The highest BCUT2D eigenvalue weighted by atomic mass is 35.5. The lowest BCUT2D eigenvalue weighted by Gasteiger charge is -2.49. The molecule has 4 amide bonds. The molecule has 0 spiro atoms. The highest BCUT2D eigenvalue weighted by molar-refractivity contribution is 7.22. The number of aromatic nitrogens is 2. The summed E-state index contributed by atoms with van der Waals surface area (Å²) < 4.78 is 8.17. The first-order valence-electron chi connectivity index (χ1n) is 20.8. The molecule has 2 aliphatic carbocycles. The van der Waals surface area contributed by atoms with Crippen LogP contribution in [0.5, 0.6) is 5.75 Å². The zero-order valence-corrected chi connectivity index (χ0v) is 35.4. The predicted molar refractivity (Wildman–Crippen MR) is 236 cm³/mol. The fourth-order valence-corrected chi connectivity index (χ4v) is 12.6. The van der Waals surface area contributed by atoms with E-state index in [1.165, 1.54) is 9.80 Å². The molecule has 308 valence electrons. The quantitative estimate of drug-likeness (QED) is 0.136. The molecule has 6 atom stereocenters. The number of benzene rings is 4. The molecule has 11 nitrogen and oxygen atoms in total. The second kappa shape index (κ2) is 13.9. The highest BCUT2D eigenvalue weighted by Gasteiger charge is 2.68. The van der Waals surface area contributed by atoms with E-state index in [4.69, 9.17) is 21.4 Å². The topological polar surface area (TPSA) is 125 Å². The molecule has 5 aliphatic rings.